The maximum atomic E-state index is 13.4. The summed E-state index contributed by atoms with van der Waals surface area (Å²) in [5.41, 5.74) is -0.132. The number of carbonyl (C=O) groups excluding carboxylic acids is 1. The zero-order chi connectivity index (χ0) is 16.7. The molecule has 0 bridgehead atoms. The molecule has 1 heterocycles. The van der Waals surface area contributed by atoms with Crippen molar-refractivity contribution >= 4 is 37.5 Å². The lowest BCUT2D eigenvalue weighted by Crippen LogP contribution is -2.27. The van der Waals surface area contributed by atoms with E-state index in [0.29, 0.717) is 18.4 Å². The number of anilines is 2. The molecule has 2 N–H and O–H groups in total. The van der Waals surface area contributed by atoms with Gasteiger partial charge in [-0.05, 0) is 30.5 Å². The van der Waals surface area contributed by atoms with Crippen LogP contribution >= 0.6 is 11.3 Å². The summed E-state index contributed by atoms with van der Waals surface area (Å²) in [6.07, 6.45) is 2.24. The molecular weight excluding hydrogens is 343 g/mol. The molecule has 1 aliphatic rings. The van der Waals surface area contributed by atoms with E-state index < -0.39 is 21.3 Å². The van der Waals surface area contributed by atoms with Gasteiger partial charge in [0, 0.05) is 0 Å². The van der Waals surface area contributed by atoms with E-state index in [1.54, 1.807) is 12.1 Å². The fraction of sp³-hybridized carbons (Fsp3) is 0.308. The Labute approximate surface area is 136 Å². The standard InChI is InChI=1S/C13H13FN4O3S2/c1-23(20,21)18-12-17-16-11(22-12)15-10(19)13(5-6-13)8-3-2-4-9(14)7-8/h2-4,7H,5-6H2,1H3,(H,17,18)(H,15,16,19). The molecule has 2 aromatic rings. The molecule has 1 aromatic carbocycles. The molecule has 10 heteroatoms. The summed E-state index contributed by atoms with van der Waals surface area (Å²) in [4.78, 5) is 12.5. The van der Waals surface area contributed by atoms with E-state index in [-0.39, 0.29) is 16.2 Å². The first-order chi connectivity index (χ1) is 10.8. The second-order valence-corrected chi connectivity index (χ2v) is 8.06. The normalized spacial score (nSPS) is 15.9. The number of amides is 1. The van der Waals surface area contributed by atoms with Crippen LogP contribution in [0, 0.1) is 5.82 Å². The SMILES string of the molecule is CS(=O)(=O)Nc1nnc(NC(=O)C2(c3cccc(F)c3)CC2)s1. The quantitative estimate of drug-likeness (QED) is 0.849. The fourth-order valence-corrected chi connectivity index (χ4v) is 3.72. The van der Waals surface area contributed by atoms with Crippen molar-refractivity contribution in [3.8, 4) is 0 Å². The van der Waals surface area contributed by atoms with E-state index in [1.165, 1.54) is 12.1 Å². The number of rotatable bonds is 5. The van der Waals surface area contributed by atoms with Crippen molar-refractivity contribution in [3.05, 3.63) is 35.6 Å². The van der Waals surface area contributed by atoms with Crippen molar-refractivity contribution in [1.29, 1.82) is 0 Å². The Morgan fingerprint density at radius 3 is 2.61 bits per heavy atom. The van der Waals surface area contributed by atoms with Crippen LogP contribution in [-0.4, -0.2) is 30.8 Å². The van der Waals surface area contributed by atoms with Gasteiger partial charge >= 0.3 is 0 Å². The maximum absolute atomic E-state index is 13.4. The van der Waals surface area contributed by atoms with Crippen LogP contribution in [0.5, 0.6) is 0 Å². The van der Waals surface area contributed by atoms with Gasteiger partial charge in [0.1, 0.15) is 5.82 Å². The van der Waals surface area contributed by atoms with Gasteiger partial charge in [-0.15, -0.1) is 10.2 Å². The third-order valence-corrected chi connectivity index (χ3v) is 4.93. The molecule has 1 aliphatic carbocycles. The van der Waals surface area contributed by atoms with E-state index >= 15 is 0 Å². The van der Waals surface area contributed by atoms with Gasteiger partial charge in [0.15, 0.2) is 0 Å². The van der Waals surface area contributed by atoms with Crippen molar-refractivity contribution in [1.82, 2.24) is 10.2 Å². The number of benzene rings is 1. The van der Waals surface area contributed by atoms with E-state index in [1.807, 2.05) is 0 Å². The minimum absolute atomic E-state index is 0.0680. The largest absolute Gasteiger partial charge is 0.300 e. The molecule has 1 saturated carbocycles. The van der Waals surface area contributed by atoms with Crippen molar-refractivity contribution in [2.75, 3.05) is 16.3 Å². The highest BCUT2D eigenvalue weighted by Crippen LogP contribution is 2.49. The van der Waals surface area contributed by atoms with Gasteiger partial charge in [0.05, 0.1) is 11.7 Å². The van der Waals surface area contributed by atoms with Gasteiger partial charge in [-0.2, -0.15) is 0 Å². The van der Waals surface area contributed by atoms with Crippen molar-refractivity contribution in [2.24, 2.45) is 0 Å². The second-order valence-electron chi connectivity index (χ2n) is 5.33. The van der Waals surface area contributed by atoms with Crippen molar-refractivity contribution in [2.45, 2.75) is 18.3 Å². The Morgan fingerprint density at radius 1 is 1.30 bits per heavy atom. The summed E-state index contributed by atoms with van der Waals surface area (Å²) in [5, 5.41) is 10.2. The molecule has 1 fully saturated rings. The predicted octanol–water partition coefficient (Wildman–Crippen LogP) is 1.72. The minimum Gasteiger partial charge on any atom is -0.300 e. The van der Waals surface area contributed by atoms with Crippen LogP contribution in [0.15, 0.2) is 24.3 Å². The molecule has 1 aromatic heterocycles. The number of hydrogen-bond donors (Lipinski definition) is 2. The first-order valence-corrected chi connectivity index (χ1v) is 9.38. The van der Waals surface area contributed by atoms with Gasteiger partial charge < -0.3 is 0 Å². The lowest BCUT2D eigenvalue weighted by atomic mass is 9.95. The molecule has 0 radical (unpaired) electrons. The first kappa shape index (κ1) is 15.8. The summed E-state index contributed by atoms with van der Waals surface area (Å²) >= 11 is 0.912. The Kier molecular flexibility index (Phi) is 3.80. The lowest BCUT2D eigenvalue weighted by Gasteiger charge is -2.14. The van der Waals surface area contributed by atoms with E-state index in [4.69, 9.17) is 0 Å². The number of sulfonamides is 1. The third-order valence-electron chi connectivity index (χ3n) is 3.48. The number of carbonyl (C=O) groups is 1. The molecular formula is C13H13FN4O3S2. The third kappa shape index (κ3) is 3.48. The highest BCUT2D eigenvalue weighted by atomic mass is 32.2. The van der Waals surface area contributed by atoms with E-state index in [9.17, 15) is 17.6 Å². The smallest absolute Gasteiger partial charge is 0.236 e. The van der Waals surface area contributed by atoms with E-state index in [2.05, 4.69) is 20.2 Å². The highest BCUT2D eigenvalue weighted by Gasteiger charge is 2.51. The van der Waals surface area contributed by atoms with Gasteiger partial charge in [0.2, 0.25) is 26.2 Å². The van der Waals surface area contributed by atoms with Crippen molar-refractivity contribution in [3.63, 3.8) is 0 Å². The molecule has 3 rings (SSSR count). The Morgan fingerprint density at radius 2 is 2.00 bits per heavy atom. The lowest BCUT2D eigenvalue weighted by molar-refractivity contribution is -0.118. The van der Waals surface area contributed by atoms with Crippen LogP contribution in [0.1, 0.15) is 18.4 Å². The number of nitrogens with one attached hydrogen (secondary N) is 2. The molecule has 7 nitrogen and oxygen atoms in total. The highest BCUT2D eigenvalue weighted by molar-refractivity contribution is 7.92. The Bertz CT molecular complexity index is 862. The minimum atomic E-state index is -3.45. The zero-order valence-corrected chi connectivity index (χ0v) is 13.7. The second kappa shape index (κ2) is 5.53. The number of halogens is 1. The summed E-state index contributed by atoms with van der Waals surface area (Å²) in [6.45, 7) is 0. The average molecular weight is 356 g/mol. The average Bonchev–Trinajstić information content (AvgIpc) is 3.16. The Balaban J connectivity index is 1.75. The van der Waals surface area contributed by atoms with Crippen LogP contribution < -0.4 is 10.0 Å². The van der Waals surface area contributed by atoms with Crippen LogP contribution in [0.4, 0.5) is 14.7 Å². The molecule has 1 amide bonds. The number of hydrogen-bond acceptors (Lipinski definition) is 6. The van der Waals surface area contributed by atoms with Gasteiger partial charge in [-0.1, -0.05) is 23.5 Å². The van der Waals surface area contributed by atoms with Gasteiger partial charge in [0.25, 0.3) is 0 Å². The molecule has 122 valence electrons. The number of aromatic nitrogens is 2. The topological polar surface area (TPSA) is 101 Å². The molecule has 23 heavy (non-hydrogen) atoms. The van der Waals surface area contributed by atoms with Gasteiger partial charge in [-0.3, -0.25) is 14.8 Å². The molecule has 0 spiro atoms. The predicted molar refractivity (Wildman–Crippen MR) is 84.3 cm³/mol. The summed E-state index contributed by atoms with van der Waals surface area (Å²) in [7, 11) is -3.45. The van der Waals surface area contributed by atoms with Crippen LogP contribution in [-0.2, 0) is 20.2 Å². The van der Waals surface area contributed by atoms with Crippen molar-refractivity contribution < 1.29 is 17.6 Å². The molecule has 0 aliphatic heterocycles. The van der Waals surface area contributed by atoms with Crippen LogP contribution in [0.25, 0.3) is 0 Å². The van der Waals surface area contributed by atoms with Gasteiger partial charge in [-0.25, -0.2) is 12.8 Å². The summed E-state index contributed by atoms with van der Waals surface area (Å²) in [5.74, 6) is -0.692. The van der Waals surface area contributed by atoms with Crippen LogP contribution in [0.3, 0.4) is 0 Å². The molecule has 0 atom stereocenters. The summed E-state index contributed by atoms with van der Waals surface area (Å²) in [6, 6.07) is 5.96. The maximum Gasteiger partial charge on any atom is 0.236 e. The summed E-state index contributed by atoms with van der Waals surface area (Å²) < 4.78 is 37.8. The fourth-order valence-electron chi connectivity index (χ4n) is 2.25. The number of nitrogens with zero attached hydrogens (tertiary/aromatic N) is 2. The molecule has 0 saturated heterocycles. The Hall–Kier alpha value is -2.07. The zero-order valence-electron chi connectivity index (χ0n) is 12.0. The van der Waals surface area contributed by atoms with Crippen LogP contribution in [0.2, 0.25) is 0 Å². The molecule has 0 unspecified atom stereocenters. The van der Waals surface area contributed by atoms with E-state index in [0.717, 1.165) is 17.6 Å². The first-order valence-electron chi connectivity index (χ1n) is 6.67. The monoisotopic (exact) mass is 356 g/mol.